The van der Waals surface area contributed by atoms with Gasteiger partial charge in [0.15, 0.2) is 5.65 Å². The fraction of sp³-hybridized carbons (Fsp3) is 0.500. The molecule has 90 valence electrons. The third-order valence-electron chi connectivity index (χ3n) is 3.47. The zero-order valence-corrected chi connectivity index (χ0v) is 9.89. The average Bonchev–Trinajstić information content (AvgIpc) is 2.58. The molecule has 2 aromatic rings. The van der Waals surface area contributed by atoms with Crippen molar-refractivity contribution in [2.75, 3.05) is 12.8 Å². The van der Waals surface area contributed by atoms with Crippen LogP contribution in [0.1, 0.15) is 19.3 Å². The molecule has 0 radical (unpaired) electrons. The van der Waals surface area contributed by atoms with E-state index in [2.05, 4.69) is 9.97 Å². The molecule has 0 bridgehead atoms. The van der Waals surface area contributed by atoms with Gasteiger partial charge in [0, 0.05) is 12.6 Å². The second-order valence-corrected chi connectivity index (χ2v) is 4.57. The van der Waals surface area contributed by atoms with Crippen LogP contribution in [0.25, 0.3) is 11.2 Å². The van der Waals surface area contributed by atoms with Gasteiger partial charge in [-0.2, -0.15) is 4.98 Å². The van der Waals surface area contributed by atoms with Gasteiger partial charge in [-0.1, -0.05) is 6.42 Å². The first-order chi connectivity index (χ1) is 8.28. The van der Waals surface area contributed by atoms with E-state index in [1.54, 1.807) is 7.11 Å². The molecule has 1 aliphatic rings. The number of ether oxygens (including phenoxy) is 1. The Kier molecular flexibility index (Phi) is 2.39. The topological polar surface area (TPSA) is 66.0 Å². The summed E-state index contributed by atoms with van der Waals surface area (Å²) < 4.78 is 7.14. The largest absolute Gasteiger partial charge is 0.481 e. The maximum Gasteiger partial charge on any atom is 0.215 e. The Bertz CT molecular complexity index is 545. The number of hydrogen-bond donors (Lipinski definition) is 1. The van der Waals surface area contributed by atoms with Gasteiger partial charge in [0.25, 0.3) is 0 Å². The highest BCUT2D eigenvalue weighted by molar-refractivity contribution is 5.74. The van der Waals surface area contributed by atoms with Crippen molar-refractivity contribution >= 4 is 17.1 Å². The molecule has 3 rings (SSSR count). The second kappa shape index (κ2) is 3.91. The molecule has 2 N–H and O–H groups in total. The van der Waals surface area contributed by atoms with E-state index >= 15 is 0 Å². The first-order valence-electron chi connectivity index (χ1n) is 5.94. The molecular weight excluding hydrogens is 216 g/mol. The van der Waals surface area contributed by atoms with Crippen LogP contribution >= 0.6 is 0 Å². The molecule has 0 unspecified atom stereocenters. The van der Waals surface area contributed by atoms with E-state index in [1.807, 2.05) is 16.7 Å². The van der Waals surface area contributed by atoms with E-state index in [-0.39, 0.29) is 0 Å². The van der Waals surface area contributed by atoms with E-state index in [0.29, 0.717) is 11.8 Å². The van der Waals surface area contributed by atoms with Gasteiger partial charge in [0.05, 0.1) is 7.11 Å². The van der Waals surface area contributed by atoms with E-state index < -0.39 is 0 Å². The normalized spacial score (nSPS) is 16.1. The van der Waals surface area contributed by atoms with Crippen LogP contribution in [0, 0.1) is 5.92 Å². The number of nitrogens with two attached hydrogens (primary N) is 1. The highest BCUT2D eigenvalue weighted by Gasteiger charge is 2.20. The van der Waals surface area contributed by atoms with Crippen molar-refractivity contribution in [3.8, 4) is 5.88 Å². The number of aromatic nitrogens is 3. The quantitative estimate of drug-likeness (QED) is 0.876. The van der Waals surface area contributed by atoms with Crippen LogP contribution in [0.3, 0.4) is 0 Å². The zero-order valence-electron chi connectivity index (χ0n) is 9.89. The Balaban J connectivity index is 2.04. The van der Waals surface area contributed by atoms with Crippen molar-refractivity contribution in [2.45, 2.75) is 25.8 Å². The van der Waals surface area contributed by atoms with Gasteiger partial charge in [0.1, 0.15) is 5.52 Å². The third-order valence-corrected chi connectivity index (χ3v) is 3.47. The van der Waals surface area contributed by atoms with Gasteiger partial charge in [-0.3, -0.25) is 4.57 Å². The molecule has 0 aromatic carbocycles. The number of methoxy groups -OCH3 is 1. The summed E-state index contributed by atoms with van der Waals surface area (Å²) in [5.41, 5.74) is 7.61. The van der Waals surface area contributed by atoms with E-state index in [4.69, 9.17) is 10.5 Å². The highest BCUT2D eigenvalue weighted by atomic mass is 16.5. The Labute approximate surface area is 99.6 Å². The van der Waals surface area contributed by atoms with Gasteiger partial charge in [-0.25, -0.2) is 4.98 Å². The molecule has 0 saturated heterocycles. The summed E-state index contributed by atoms with van der Waals surface area (Å²) in [6, 6.07) is 3.71. The lowest BCUT2D eigenvalue weighted by molar-refractivity contribution is 0.280. The summed E-state index contributed by atoms with van der Waals surface area (Å²) in [7, 11) is 1.62. The smallest absolute Gasteiger partial charge is 0.215 e. The number of nitrogen functional groups attached to an aromatic ring is 1. The van der Waals surface area contributed by atoms with Crippen molar-refractivity contribution in [2.24, 2.45) is 5.92 Å². The summed E-state index contributed by atoms with van der Waals surface area (Å²) in [6.45, 7) is 0.919. The summed E-state index contributed by atoms with van der Waals surface area (Å²) in [4.78, 5) is 8.75. The van der Waals surface area contributed by atoms with Gasteiger partial charge in [-0.05, 0) is 24.8 Å². The standard InChI is InChI=1S/C12H16N4O/c1-17-10-6-5-9-11(15-10)16(12(13)14-9)7-8-3-2-4-8/h5-6,8H,2-4,7H2,1H3,(H2,13,14). The SMILES string of the molecule is COc1ccc2nc(N)n(CC3CCC3)c2n1. The van der Waals surface area contributed by atoms with Gasteiger partial charge in [0.2, 0.25) is 11.8 Å². The molecule has 5 heteroatoms. The molecular formula is C12H16N4O. The fourth-order valence-electron chi connectivity index (χ4n) is 2.23. The molecule has 1 aliphatic carbocycles. The summed E-state index contributed by atoms with van der Waals surface area (Å²) in [5.74, 6) is 1.88. The number of nitrogens with zero attached hydrogens (tertiary/aromatic N) is 3. The minimum atomic E-state index is 0.549. The van der Waals surface area contributed by atoms with Crippen molar-refractivity contribution in [1.82, 2.24) is 14.5 Å². The van der Waals surface area contributed by atoms with E-state index in [9.17, 15) is 0 Å². The Morgan fingerprint density at radius 3 is 2.88 bits per heavy atom. The van der Waals surface area contributed by atoms with Crippen LogP contribution in [-0.2, 0) is 6.54 Å². The minimum Gasteiger partial charge on any atom is -0.481 e. The molecule has 2 heterocycles. The first kappa shape index (κ1) is 10.4. The number of anilines is 1. The molecule has 5 nitrogen and oxygen atoms in total. The van der Waals surface area contributed by atoms with Gasteiger partial charge < -0.3 is 10.5 Å². The highest BCUT2D eigenvalue weighted by Crippen LogP contribution is 2.30. The Morgan fingerprint density at radius 2 is 2.24 bits per heavy atom. The molecule has 0 atom stereocenters. The molecule has 1 saturated carbocycles. The average molecular weight is 232 g/mol. The summed E-state index contributed by atoms with van der Waals surface area (Å²) in [5, 5.41) is 0. The molecule has 2 aromatic heterocycles. The van der Waals surface area contributed by atoms with Gasteiger partial charge in [-0.15, -0.1) is 0 Å². The van der Waals surface area contributed by atoms with E-state index in [1.165, 1.54) is 19.3 Å². The summed E-state index contributed by atoms with van der Waals surface area (Å²) in [6.07, 6.45) is 3.89. The minimum absolute atomic E-state index is 0.549. The lowest BCUT2D eigenvalue weighted by Gasteiger charge is -2.25. The Morgan fingerprint density at radius 1 is 1.41 bits per heavy atom. The predicted octanol–water partition coefficient (Wildman–Crippen LogP) is 1.82. The third kappa shape index (κ3) is 1.71. The van der Waals surface area contributed by atoms with Crippen molar-refractivity contribution < 1.29 is 4.74 Å². The van der Waals surface area contributed by atoms with Crippen LogP contribution in [0.5, 0.6) is 5.88 Å². The monoisotopic (exact) mass is 232 g/mol. The molecule has 0 aliphatic heterocycles. The van der Waals surface area contributed by atoms with Gasteiger partial charge >= 0.3 is 0 Å². The Hall–Kier alpha value is -1.78. The maximum absolute atomic E-state index is 5.94. The van der Waals surface area contributed by atoms with Crippen LogP contribution in [0.15, 0.2) is 12.1 Å². The molecule has 17 heavy (non-hydrogen) atoms. The zero-order chi connectivity index (χ0) is 11.8. The number of fused-ring (bicyclic) bond motifs is 1. The van der Waals surface area contributed by atoms with Crippen LogP contribution in [0.2, 0.25) is 0 Å². The van der Waals surface area contributed by atoms with Crippen molar-refractivity contribution in [3.05, 3.63) is 12.1 Å². The molecule has 0 amide bonds. The predicted molar refractivity (Wildman–Crippen MR) is 65.8 cm³/mol. The van der Waals surface area contributed by atoms with Crippen LogP contribution in [0.4, 0.5) is 5.95 Å². The van der Waals surface area contributed by atoms with E-state index in [0.717, 1.165) is 23.6 Å². The maximum atomic E-state index is 5.94. The van der Waals surface area contributed by atoms with Crippen LogP contribution < -0.4 is 10.5 Å². The molecule has 0 spiro atoms. The van der Waals surface area contributed by atoms with Crippen molar-refractivity contribution in [3.63, 3.8) is 0 Å². The lowest BCUT2D eigenvalue weighted by atomic mass is 9.85. The number of rotatable bonds is 3. The lowest BCUT2D eigenvalue weighted by Crippen LogP contribution is -2.19. The second-order valence-electron chi connectivity index (χ2n) is 4.57. The molecule has 1 fully saturated rings. The number of imidazole rings is 1. The first-order valence-corrected chi connectivity index (χ1v) is 5.94. The van der Waals surface area contributed by atoms with Crippen LogP contribution in [-0.4, -0.2) is 21.6 Å². The summed E-state index contributed by atoms with van der Waals surface area (Å²) >= 11 is 0. The number of hydrogen-bond acceptors (Lipinski definition) is 4. The fourth-order valence-corrected chi connectivity index (χ4v) is 2.23. The van der Waals surface area contributed by atoms with Crippen molar-refractivity contribution in [1.29, 1.82) is 0 Å². The number of pyridine rings is 1.